The van der Waals surface area contributed by atoms with E-state index < -0.39 is 5.91 Å². The molecule has 1 amide bonds. The van der Waals surface area contributed by atoms with Crippen LogP contribution in [0.2, 0.25) is 0 Å². The first-order chi connectivity index (χ1) is 9.74. The van der Waals surface area contributed by atoms with Gasteiger partial charge in [0.2, 0.25) is 0 Å². The molecule has 1 aromatic carbocycles. The molecule has 0 bridgehead atoms. The molecule has 10 nitrogen and oxygen atoms in total. The zero-order valence-corrected chi connectivity index (χ0v) is 10.3. The van der Waals surface area contributed by atoms with E-state index in [0.29, 0.717) is 5.69 Å². The van der Waals surface area contributed by atoms with Crippen LogP contribution in [0.15, 0.2) is 24.5 Å². The molecule has 0 aliphatic carbocycles. The Labute approximate surface area is 112 Å². The molecule has 0 radical (unpaired) electrons. The van der Waals surface area contributed by atoms with Crippen molar-refractivity contribution in [2.75, 3.05) is 5.32 Å². The van der Waals surface area contributed by atoms with E-state index >= 15 is 0 Å². The number of tetrazole rings is 2. The minimum absolute atomic E-state index is 0.0303. The number of nitrogens with zero attached hydrogens (tertiary/aromatic N) is 7. The fourth-order valence-corrected chi connectivity index (χ4v) is 1.60. The number of aryl methyl sites for hydroxylation is 1. The van der Waals surface area contributed by atoms with Gasteiger partial charge in [0.1, 0.15) is 6.33 Å². The Balaban J connectivity index is 1.89. The van der Waals surface area contributed by atoms with Crippen LogP contribution in [0.3, 0.4) is 0 Å². The Hall–Kier alpha value is -3.17. The second-order valence-corrected chi connectivity index (χ2v) is 3.94. The summed E-state index contributed by atoms with van der Waals surface area (Å²) in [6, 6.07) is 5.45. The maximum Gasteiger partial charge on any atom is 0.297 e. The maximum absolute atomic E-state index is 11.9. The highest BCUT2D eigenvalue weighted by atomic mass is 16.2. The highest BCUT2D eigenvalue weighted by Gasteiger charge is 2.12. The summed E-state index contributed by atoms with van der Waals surface area (Å²) >= 11 is 0. The average molecular weight is 271 g/mol. The molecule has 0 unspecified atom stereocenters. The first-order valence-corrected chi connectivity index (χ1v) is 5.63. The minimum Gasteiger partial charge on any atom is -0.319 e. The fraction of sp³-hybridized carbons (Fsp3) is 0.100. The van der Waals surface area contributed by atoms with Crippen molar-refractivity contribution in [3.8, 4) is 5.69 Å². The molecule has 20 heavy (non-hydrogen) atoms. The summed E-state index contributed by atoms with van der Waals surface area (Å²) in [6.07, 6.45) is 1.47. The predicted molar refractivity (Wildman–Crippen MR) is 66.0 cm³/mol. The summed E-state index contributed by atoms with van der Waals surface area (Å²) < 4.78 is 1.49. The molecule has 2 heterocycles. The van der Waals surface area contributed by atoms with Gasteiger partial charge in [-0.05, 0) is 40.3 Å². The van der Waals surface area contributed by atoms with Crippen LogP contribution in [0, 0.1) is 6.92 Å². The number of rotatable bonds is 3. The molecule has 0 aliphatic heterocycles. The van der Waals surface area contributed by atoms with Crippen LogP contribution in [-0.4, -0.2) is 46.7 Å². The van der Waals surface area contributed by atoms with Crippen molar-refractivity contribution in [1.82, 2.24) is 40.8 Å². The van der Waals surface area contributed by atoms with Gasteiger partial charge in [0, 0.05) is 5.69 Å². The number of carbonyl (C=O) groups is 1. The Morgan fingerprint density at radius 2 is 2.30 bits per heavy atom. The van der Waals surface area contributed by atoms with E-state index in [1.54, 1.807) is 6.07 Å². The number of nitrogens with one attached hydrogen (secondary N) is 2. The number of aromatic amines is 1. The molecule has 0 saturated heterocycles. The van der Waals surface area contributed by atoms with Crippen molar-refractivity contribution in [3.05, 3.63) is 35.9 Å². The standard InChI is InChI=1S/C10H9N9O/c1-6-2-3-7(19-5-11-15-18-19)4-8(6)12-10(20)9-13-16-17-14-9/h2-5H,1H3,(H,12,20)(H,13,14,16,17). The maximum atomic E-state index is 11.9. The largest absolute Gasteiger partial charge is 0.319 e. The van der Waals surface area contributed by atoms with Crippen LogP contribution < -0.4 is 5.32 Å². The summed E-state index contributed by atoms with van der Waals surface area (Å²) in [5.74, 6) is -0.479. The first kappa shape index (κ1) is 11.9. The first-order valence-electron chi connectivity index (χ1n) is 5.63. The van der Waals surface area contributed by atoms with E-state index in [1.807, 2.05) is 19.1 Å². The lowest BCUT2D eigenvalue weighted by molar-refractivity contribution is 0.101. The van der Waals surface area contributed by atoms with E-state index in [4.69, 9.17) is 0 Å². The van der Waals surface area contributed by atoms with E-state index in [1.165, 1.54) is 11.0 Å². The summed E-state index contributed by atoms with van der Waals surface area (Å²) in [5, 5.41) is 26.4. The van der Waals surface area contributed by atoms with Gasteiger partial charge in [0.25, 0.3) is 11.7 Å². The van der Waals surface area contributed by atoms with E-state index in [2.05, 4.69) is 41.5 Å². The van der Waals surface area contributed by atoms with E-state index in [0.717, 1.165) is 11.3 Å². The Bertz CT molecular complexity index is 719. The molecule has 0 spiro atoms. The topological polar surface area (TPSA) is 127 Å². The van der Waals surface area contributed by atoms with E-state index in [-0.39, 0.29) is 5.82 Å². The number of hydrogen-bond acceptors (Lipinski definition) is 7. The van der Waals surface area contributed by atoms with Gasteiger partial charge in [-0.3, -0.25) is 4.79 Å². The van der Waals surface area contributed by atoms with Crippen molar-refractivity contribution in [1.29, 1.82) is 0 Å². The highest BCUT2D eigenvalue weighted by molar-refractivity contribution is 6.01. The van der Waals surface area contributed by atoms with E-state index in [9.17, 15) is 4.79 Å². The van der Waals surface area contributed by atoms with Gasteiger partial charge < -0.3 is 5.32 Å². The number of anilines is 1. The Morgan fingerprint density at radius 1 is 1.40 bits per heavy atom. The van der Waals surface area contributed by atoms with Gasteiger partial charge in [-0.2, -0.15) is 5.21 Å². The average Bonchev–Trinajstić information content (AvgIpc) is 3.14. The normalized spacial score (nSPS) is 10.4. The van der Waals surface area contributed by atoms with Gasteiger partial charge in [-0.25, -0.2) is 4.68 Å². The van der Waals surface area contributed by atoms with Gasteiger partial charge in [0.15, 0.2) is 0 Å². The zero-order chi connectivity index (χ0) is 13.9. The molecule has 0 aliphatic rings. The van der Waals surface area contributed by atoms with Gasteiger partial charge in [0.05, 0.1) is 5.69 Å². The van der Waals surface area contributed by atoms with Crippen LogP contribution >= 0.6 is 0 Å². The number of H-pyrrole nitrogens is 1. The van der Waals surface area contributed by atoms with Crippen LogP contribution in [0.1, 0.15) is 16.2 Å². The third-order valence-electron chi connectivity index (χ3n) is 2.63. The monoisotopic (exact) mass is 271 g/mol. The molecule has 3 rings (SSSR count). The summed E-state index contributed by atoms with van der Waals surface area (Å²) in [6.45, 7) is 1.87. The number of amides is 1. The van der Waals surface area contributed by atoms with Crippen LogP contribution in [-0.2, 0) is 0 Å². The smallest absolute Gasteiger partial charge is 0.297 e. The van der Waals surface area contributed by atoms with Crippen LogP contribution in [0.5, 0.6) is 0 Å². The van der Waals surface area contributed by atoms with Crippen LogP contribution in [0.25, 0.3) is 5.69 Å². The SMILES string of the molecule is Cc1ccc(-n2cnnn2)cc1NC(=O)c1nn[nH]n1. The molecular weight excluding hydrogens is 262 g/mol. The summed E-state index contributed by atoms with van der Waals surface area (Å²) in [7, 11) is 0. The molecule has 0 atom stereocenters. The van der Waals surface area contributed by atoms with Crippen molar-refractivity contribution in [2.24, 2.45) is 0 Å². The second-order valence-electron chi connectivity index (χ2n) is 3.94. The number of benzene rings is 1. The lowest BCUT2D eigenvalue weighted by Crippen LogP contribution is -2.15. The van der Waals surface area contributed by atoms with Crippen molar-refractivity contribution >= 4 is 11.6 Å². The number of carbonyl (C=O) groups excluding carboxylic acids is 1. The lowest BCUT2D eigenvalue weighted by atomic mass is 10.2. The molecule has 10 heteroatoms. The molecule has 2 N–H and O–H groups in total. The Morgan fingerprint density at radius 3 is 3.00 bits per heavy atom. The number of aromatic nitrogens is 8. The summed E-state index contributed by atoms with van der Waals surface area (Å²) in [5.41, 5.74) is 2.23. The van der Waals surface area contributed by atoms with Gasteiger partial charge >= 0.3 is 0 Å². The molecule has 2 aromatic heterocycles. The van der Waals surface area contributed by atoms with Crippen molar-refractivity contribution < 1.29 is 4.79 Å². The van der Waals surface area contributed by atoms with Crippen molar-refractivity contribution in [3.63, 3.8) is 0 Å². The van der Waals surface area contributed by atoms with Crippen LogP contribution in [0.4, 0.5) is 5.69 Å². The minimum atomic E-state index is -0.448. The molecule has 100 valence electrons. The second kappa shape index (κ2) is 4.84. The quantitative estimate of drug-likeness (QED) is 0.671. The molecular formula is C10H9N9O. The van der Waals surface area contributed by atoms with Gasteiger partial charge in [-0.15, -0.1) is 15.3 Å². The predicted octanol–water partition coefficient (Wildman–Crippen LogP) is -0.264. The number of hydrogen-bond donors (Lipinski definition) is 2. The highest BCUT2D eigenvalue weighted by Crippen LogP contribution is 2.19. The molecule has 3 aromatic rings. The van der Waals surface area contributed by atoms with Crippen molar-refractivity contribution in [2.45, 2.75) is 6.92 Å². The zero-order valence-electron chi connectivity index (χ0n) is 10.3. The molecule has 0 fully saturated rings. The third kappa shape index (κ3) is 2.21. The molecule has 0 saturated carbocycles. The van der Waals surface area contributed by atoms with Gasteiger partial charge in [-0.1, -0.05) is 6.07 Å². The Kier molecular flexibility index (Phi) is 2.88. The fourth-order valence-electron chi connectivity index (χ4n) is 1.60. The third-order valence-corrected chi connectivity index (χ3v) is 2.63. The lowest BCUT2D eigenvalue weighted by Gasteiger charge is -2.08. The summed E-state index contributed by atoms with van der Waals surface area (Å²) in [4.78, 5) is 11.9.